The Morgan fingerprint density at radius 1 is 0.765 bits per heavy atom. The third kappa shape index (κ3) is 4.30. The first-order chi connectivity index (χ1) is 8.36. The zero-order chi connectivity index (χ0) is 11.9. The minimum Gasteiger partial charge on any atom is -0.343 e. The molecule has 0 spiro atoms. The molecule has 0 atom stereocenters. The van der Waals surface area contributed by atoms with Gasteiger partial charge in [-0.05, 0) is 45.2 Å². The van der Waals surface area contributed by atoms with E-state index in [2.05, 4.69) is 9.80 Å². The highest BCUT2D eigenvalue weighted by atomic mass is 16.2. The van der Waals surface area contributed by atoms with Crippen molar-refractivity contribution in [1.29, 1.82) is 0 Å². The molecule has 0 radical (unpaired) electrons. The normalized spacial score (nSPS) is 23.4. The summed E-state index contributed by atoms with van der Waals surface area (Å²) in [6.07, 6.45) is 9.82. The summed E-state index contributed by atoms with van der Waals surface area (Å²) in [4.78, 5) is 16.6. The van der Waals surface area contributed by atoms with Crippen LogP contribution in [0.15, 0.2) is 0 Å². The summed E-state index contributed by atoms with van der Waals surface area (Å²) in [6, 6.07) is 0. The van der Waals surface area contributed by atoms with Gasteiger partial charge in [-0.2, -0.15) is 0 Å². The number of likely N-dealkylation sites (tertiary alicyclic amines) is 2. The van der Waals surface area contributed by atoms with E-state index in [4.69, 9.17) is 0 Å². The number of amides is 1. The van der Waals surface area contributed by atoms with Gasteiger partial charge in [-0.3, -0.25) is 4.79 Å². The van der Waals surface area contributed by atoms with Gasteiger partial charge in [0.2, 0.25) is 5.91 Å². The van der Waals surface area contributed by atoms with E-state index in [1.54, 1.807) is 0 Å². The van der Waals surface area contributed by atoms with Crippen molar-refractivity contribution in [3.05, 3.63) is 0 Å². The van der Waals surface area contributed by atoms with Crippen molar-refractivity contribution < 1.29 is 4.79 Å². The minimum atomic E-state index is 0.383. The van der Waals surface area contributed by atoms with Gasteiger partial charge < -0.3 is 9.80 Å². The van der Waals surface area contributed by atoms with Gasteiger partial charge >= 0.3 is 0 Å². The third-order valence-electron chi connectivity index (χ3n) is 4.05. The highest BCUT2D eigenvalue weighted by Gasteiger charge is 2.17. The molecule has 0 aromatic carbocycles. The summed E-state index contributed by atoms with van der Waals surface area (Å²) in [5.41, 5.74) is 0. The number of carbonyl (C=O) groups excluding carboxylic acids is 1. The fraction of sp³-hybridized carbons (Fsp3) is 0.929. The van der Waals surface area contributed by atoms with Crippen LogP contribution in [0.1, 0.15) is 51.4 Å². The average Bonchev–Trinajstić information content (AvgIpc) is 2.65. The zero-order valence-corrected chi connectivity index (χ0v) is 11.0. The number of hydrogen-bond acceptors (Lipinski definition) is 2. The van der Waals surface area contributed by atoms with E-state index in [1.807, 2.05) is 0 Å². The fourth-order valence-corrected chi connectivity index (χ4v) is 2.91. The summed E-state index contributed by atoms with van der Waals surface area (Å²) >= 11 is 0. The van der Waals surface area contributed by atoms with Crippen LogP contribution in [0.25, 0.3) is 0 Å². The van der Waals surface area contributed by atoms with Crippen LogP contribution >= 0.6 is 0 Å². The van der Waals surface area contributed by atoms with E-state index in [9.17, 15) is 4.79 Å². The zero-order valence-electron chi connectivity index (χ0n) is 11.0. The van der Waals surface area contributed by atoms with Crippen LogP contribution in [0.3, 0.4) is 0 Å². The van der Waals surface area contributed by atoms with E-state index in [-0.39, 0.29) is 0 Å². The van der Waals surface area contributed by atoms with Gasteiger partial charge in [0.15, 0.2) is 0 Å². The molecular formula is C14H26N2O. The molecule has 0 unspecified atom stereocenters. The van der Waals surface area contributed by atoms with Gasteiger partial charge in [0, 0.05) is 26.1 Å². The SMILES string of the molecule is O=C(CCN1CCCCCC1)N1CCCCC1. The molecule has 2 aliphatic rings. The maximum atomic E-state index is 12.0. The molecule has 0 aromatic heterocycles. The van der Waals surface area contributed by atoms with Gasteiger partial charge in [-0.25, -0.2) is 0 Å². The molecule has 98 valence electrons. The predicted molar refractivity (Wildman–Crippen MR) is 70.0 cm³/mol. The topological polar surface area (TPSA) is 23.6 Å². The van der Waals surface area contributed by atoms with Gasteiger partial charge in [-0.1, -0.05) is 12.8 Å². The van der Waals surface area contributed by atoms with Crippen molar-refractivity contribution in [2.45, 2.75) is 51.4 Å². The van der Waals surface area contributed by atoms with Crippen LogP contribution in [0.2, 0.25) is 0 Å². The second-order valence-electron chi connectivity index (χ2n) is 5.45. The molecule has 2 rings (SSSR count). The maximum Gasteiger partial charge on any atom is 0.223 e. The second-order valence-corrected chi connectivity index (χ2v) is 5.45. The van der Waals surface area contributed by atoms with Gasteiger partial charge in [0.05, 0.1) is 0 Å². The van der Waals surface area contributed by atoms with Gasteiger partial charge in [0.25, 0.3) is 0 Å². The second kappa shape index (κ2) is 7.00. The first-order valence-electron chi connectivity index (χ1n) is 7.36. The Bertz CT molecular complexity index is 228. The van der Waals surface area contributed by atoms with Gasteiger partial charge in [-0.15, -0.1) is 0 Å². The van der Waals surface area contributed by atoms with Crippen LogP contribution in [0, 0.1) is 0 Å². The predicted octanol–water partition coefficient (Wildman–Crippen LogP) is 2.27. The van der Waals surface area contributed by atoms with E-state index >= 15 is 0 Å². The minimum absolute atomic E-state index is 0.383. The molecule has 0 aliphatic carbocycles. The molecule has 2 aliphatic heterocycles. The van der Waals surface area contributed by atoms with Gasteiger partial charge in [0.1, 0.15) is 0 Å². The molecule has 3 heteroatoms. The molecule has 2 saturated heterocycles. The van der Waals surface area contributed by atoms with E-state index < -0.39 is 0 Å². The van der Waals surface area contributed by atoms with Crippen molar-refractivity contribution in [3.8, 4) is 0 Å². The summed E-state index contributed by atoms with van der Waals surface area (Å²) in [5, 5.41) is 0. The lowest BCUT2D eigenvalue weighted by Crippen LogP contribution is -2.38. The van der Waals surface area contributed by atoms with E-state index in [0.29, 0.717) is 5.91 Å². The Kier molecular flexibility index (Phi) is 5.30. The van der Waals surface area contributed by atoms with Crippen LogP contribution in [-0.4, -0.2) is 48.4 Å². The maximum absolute atomic E-state index is 12.0. The molecule has 3 nitrogen and oxygen atoms in total. The summed E-state index contributed by atoms with van der Waals surface area (Å²) in [5.74, 6) is 0.383. The third-order valence-corrected chi connectivity index (χ3v) is 4.05. The Hall–Kier alpha value is -0.570. The first kappa shape index (κ1) is 12.9. The highest BCUT2D eigenvalue weighted by molar-refractivity contribution is 5.76. The molecule has 2 fully saturated rings. The lowest BCUT2D eigenvalue weighted by Gasteiger charge is -2.28. The molecule has 1 amide bonds. The Balaban J connectivity index is 1.67. The van der Waals surface area contributed by atoms with Crippen LogP contribution < -0.4 is 0 Å². The molecule has 0 aromatic rings. The summed E-state index contributed by atoms with van der Waals surface area (Å²) < 4.78 is 0. The Morgan fingerprint density at radius 3 is 1.94 bits per heavy atom. The lowest BCUT2D eigenvalue weighted by atomic mass is 10.1. The number of carbonyl (C=O) groups is 1. The number of hydrogen-bond donors (Lipinski definition) is 0. The molecule has 0 N–H and O–H groups in total. The van der Waals surface area contributed by atoms with Crippen molar-refractivity contribution in [1.82, 2.24) is 9.80 Å². The molecule has 0 saturated carbocycles. The Morgan fingerprint density at radius 2 is 1.29 bits per heavy atom. The van der Waals surface area contributed by atoms with Crippen molar-refractivity contribution in [3.63, 3.8) is 0 Å². The quantitative estimate of drug-likeness (QED) is 0.753. The first-order valence-corrected chi connectivity index (χ1v) is 7.36. The summed E-state index contributed by atoms with van der Waals surface area (Å²) in [6.45, 7) is 5.38. The van der Waals surface area contributed by atoms with E-state index in [0.717, 1.165) is 26.1 Å². The lowest BCUT2D eigenvalue weighted by molar-refractivity contribution is -0.132. The molecule has 2 heterocycles. The standard InChI is InChI=1S/C14H26N2O/c17-14(16-11-6-3-7-12-16)8-13-15-9-4-1-2-5-10-15/h1-13H2. The monoisotopic (exact) mass is 238 g/mol. The van der Waals surface area contributed by atoms with Crippen LogP contribution in [0.5, 0.6) is 0 Å². The molecule has 0 bridgehead atoms. The largest absolute Gasteiger partial charge is 0.343 e. The van der Waals surface area contributed by atoms with Crippen molar-refractivity contribution in [2.75, 3.05) is 32.7 Å². The number of rotatable bonds is 3. The number of nitrogens with zero attached hydrogens (tertiary/aromatic N) is 2. The van der Waals surface area contributed by atoms with Crippen molar-refractivity contribution in [2.24, 2.45) is 0 Å². The smallest absolute Gasteiger partial charge is 0.223 e. The fourth-order valence-electron chi connectivity index (χ4n) is 2.91. The van der Waals surface area contributed by atoms with E-state index in [1.165, 1.54) is 58.0 Å². The number of piperidine rings is 1. The van der Waals surface area contributed by atoms with Crippen molar-refractivity contribution >= 4 is 5.91 Å². The summed E-state index contributed by atoms with van der Waals surface area (Å²) in [7, 11) is 0. The molecular weight excluding hydrogens is 212 g/mol. The highest BCUT2D eigenvalue weighted by Crippen LogP contribution is 2.12. The molecule has 17 heavy (non-hydrogen) atoms. The van der Waals surface area contributed by atoms with Crippen LogP contribution in [0.4, 0.5) is 0 Å². The van der Waals surface area contributed by atoms with Crippen LogP contribution in [-0.2, 0) is 4.79 Å². The average molecular weight is 238 g/mol. The Labute approximate surface area is 105 Å².